The maximum absolute atomic E-state index is 12.1. The van der Waals surface area contributed by atoms with E-state index in [9.17, 15) is 4.79 Å². The highest BCUT2D eigenvalue weighted by Crippen LogP contribution is 2.51. The van der Waals surface area contributed by atoms with Crippen molar-refractivity contribution in [2.75, 3.05) is 0 Å². The molecule has 0 saturated carbocycles. The number of carbonyl (C=O) groups excluding carboxylic acids is 1. The summed E-state index contributed by atoms with van der Waals surface area (Å²) in [5.41, 5.74) is 13.6. The van der Waals surface area contributed by atoms with E-state index in [0.717, 1.165) is 44.7 Å². The first-order valence-electron chi connectivity index (χ1n) is 9.86. The second-order valence-corrected chi connectivity index (χ2v) is 7.46. The van der Waals surface area contributed by atoms with Crippen molar-refractivity contribution in [3.05, 3.63) is 95.6 Å². The Bertz CT molecular complexity index is 1460. The van der Waals surface area contributed by atoms with Crippen LogP contribution in [0.5, 0.6) is 0 Å². The van der Waals surface area contributed by atoms with Crippen LogP contribution in [-0.4, -0.2) is 31.1 Å². The van der Waals surface area contributed by atoms with Crippen LogP contribution in [0.15, 0.2) is 73.2 Å². The molecule has 0 spiro atoms. The van der Waals surface area contributed by atoms with Crippen molar-refractivity contribution in [3.8, 4) is 22.5 Å². The molecule has 3 N–H and O–H groups in total. The average molecular weight is 404 g/mol. The molecule has 1 aliphatic carbocycles. The number of fused-ring (bicyclic) bond motifs is 4. The molecule has 0 radical (unpaired) electrons. The SMILES string of the molecule is NC(=O)c1ccnnc1C1c2ccccc2-c2c(-c3nc4ccncc4[nH]3)cccc21. The lowest BCUT2D eigenvalue weighted by atomic mass is 9.90. The molecule has 0 aliphatic heterocycles. The molecule has 7 heteroatoms. The van der Waals surface area contributed by atoms with Crippen LogP contribution in [0.25, 0.3) is 33.5 Å². The molecule has 1 unspecified atom stereocenters. The van der Waals surface area contributed by atoms with Gasteiger partial charge in [-0.05, 0) is 34.4 Å². The first-order chi connectivity index (χ1) is 15.2. The van der Waals surface area contributed by atoms with Crippen LogP contribution >= 0.6 is 0 Å². The molecule has 1 aliphatic rings. The molecule has 7 nitrogen and oxygen atoms in total. The van der Waals surface area contributed by atoms with E-state index in [-0.39, 0.29) is 5.92 Å². The Hall–Kier alpha value is -4.39. The number of carbonyl (C=O) groups is 1. The normalized spacial score (nSPS) is 14.4. The van der Waals surface area contributed by atoms with Crippen molar-refractivity contribution in [2.24, 2.45) is 5.73 Å². The quantitative estimate of drug-likeness (QED) is 0.467. The first-order valence-corrected chi connectivity index (χ1v) is 9.86. The average Bonchev–Trinajstić information content (AvgIpc) is 3.38. The zero-order valence-electron chi connectivity index (χ0n) is 16.3. The summed E-state index contributed by atoms with van der Waals surface area (Å²) in [7, 11) is 0. The Balaban J connectivity index is 1.64. The number of aromatic nitrogens is 5. The molecule has 3 aromatic heterocycles. The Labute approximate surface area is 177 Å². The molecule has 3 heterocycles. The van der Waals surface area contributed by atoms with E-state index in [4.69, 9.17) is 10.7 Å². The second-order valence-electron chi connectivity index (χ2n) is 7.46. The monoisotopic (exact) mass is 404 g/mol. The van der Waals surface area contributed by atoms with E-state index in [1.165, 1.54) is 6.20 Å². The summed E-state index contributed by atoms with van der Waals surface area (Å²) < 4.78 is 0. The molecule has 1 atom stereocenters. The van der Waals surface area contributed by atoms with Crippen LogP contribution < -0.4 is 5.73 Å². The largest absolute Gasteiger partial charge is 0.366 e. The zero-order valence-corrected chi connectivity index (χ0v) is 16.3. The number of pyridine rings is 1. The number of hydrogen-bond donors (Lipinski definition) is 2. The summed E-state index contributed by atoms with van der Waals surface area (Å²) in [6.45, 7) is 0. The third-order valence-electron chi connectivity index (χ3n) is 5.78. The van der Waals surface area contributed by atoms with E-state index < -0.39 is 5.91 Å². The van der Waals surface area contributed by atoms with Gasteiger partial charge in [0.2, 0.25) is 0 Å². The van der Waals surface area contributed by atoms with Gasteiger partial charge < -0.3 is 10.7 Å². The van der Waals surface area contributed by atoms with Gasteiger partial charge in [-0.15, -0.1) is 0 Å². The number of H-pyrrole nitrogens is 1. The Morgan fingerprint density at radius 2 is 1.77 bits per heavy atom. The molecule has 1 amide bonds. The van der Waals surface area contributed by atoms with Crippen molar-refractivity contribution in [2.45, 2.75) is 5.92 Å². The van der Waals surface area contributed by atoms with E-state index in [1.807, 2.05) is 24.3 Å². The highest BCUT2D eigenvalue weighted by atomic mass is 16.1. The Morgan fingerprint density at radius 1 is 0.935 bits per heavy atom. The van der Waals surface area contributed by atoms with Gasteiger partial charge in [-0.25, -0.2) is 4.98 Å². The molecule has 0 fully saturated rings. The van der Waals surface area contributed by atoms with E-state index in [2.05, 4.69) is 44.4 Å². The number of nitrogens with one attached hydrogen (secondary N) is 1. The number of rotatable bonds is 3. The van der Waals surface area contributed by atoms with E-state index >= 15 is 0 Å². The molecular weight excluding hydrogens is 388 g/mol. The number of nitrogens with two attached hydrogens (primary N) is 1. The van der Waals surface area contributed by atoms with Crippen molar-refractivity contribution < 1.29 is 4.79 Å². The number of primary amides is 1. The summed E-state index contributed by atoms with van der Waals surface area (Å²) >= 11 is 0. The lowest BCUT2D eigenvalue weighted by molar-refractivity contribution is 0.0998. The summed E-state index contributed by atoms with van der Waals surface area (Å²) in [6.07, 6.45) is 4.99. The van der Waals surface area contributed by atoms with Gasteiger partial charge in [-0.3, -0.25) is 9.78 Å². The minimum Gasteiger partial charge on any atom is -0.366 e. The zero-order chi connectivity index (χ0) is 20.9. The van der Waals surface area contributed by atoms with Crippen LogP contribution in [0, 0.1) is 0 Å². The molecular formula is C24H16N6O. The van der Waals surface area contributed by atoms with Crippen LogP contribution in [0.3, 0.4) is 0 Å². The van der Waals surface area contributed by atoms with Crippen LogP contribution in [0.2, 0.25) is 0 Å². The van der Waals surface area contributed by atoms with Gasteiger partial charge >= 0.3 is 0 Å². The van der Waals surface area contributed by atoms with Gasteiger partial charge in [0.05, 0.1) is 40.6 Å². The predicted octanol–water partition coefficient (Wildman–Crippen LogP) is 3.67. The third kappa shape index (κ3) is 2.56. The summed E-state index contributed by atoms with van der Waals surface area (Å²) in [4.78, 5) is 24.5. The fraction of sp³-hybridized carbons (Fsp3) is 0.0417. The van der Waals surface area contributed by atoms with Gasteiger partial charge in [0.15, 0.2) is 0 Å². The molecule has 148 valence electrons. The van der Waals surface area contributed by atoms with E-state index in [0.29, 0.717) is 11.3 Å². The molecule has 0 saturated heterocycles. The molecule has 6 rings (SSSR count). The minimum absolute atomic E-state index is 0.242. The van der Waals surface area contributed by atoms with Gasteiger partial charge in [0.25, 0.3) is 5.91 Å². The number of benzene rings is 2. The second kappa shape index (κ2) is 6.56. The predicted molar refractivity (Wildman–Crippen MR) is 116 cm³/mol. The first kappa shape index (κ1) is 17.5. The smallest absolute Gasteiger partial charge is 0.250 e. The van der Waals surface area contributed by atoms with Crippen molar-refractivity contribution >= 4 is 16.9 Å². The number of nitrogens with zero attached hydrogens (tertiary/aromatic N) is 4. The van der Waals surface area contributed by atoms with Gasteiger partial charge in [0, 0.05) is 11.8 Å². The van der Waals surface area contributed by atoms with Gasteiger partial charge in [-0.2, -0.15) is 10.2 Å². The maximum Gasteiger partial charge on any atom is 0.250 e. The highest BCUT2D eigenvalue weighted by Gasteiger charge is 2.35. The fourth-order valence-corrected chi connectivity index (χ4v) is 4.50. The molecule has 31 heavy (non-hydrogen) atoms. The molecule has 2 aromatic carbocycles. The number of hydrogen-bond acceptors (Lipinski definition) is 5. The van der Waals surface area contributed by atoms with Gasteiger partial charge in [0.1, 0.15) is 5.82 Å². The number of imidazole rings is 1. The topological polar surface area (TPSA) is 110 Å². The lowest BCUT2D eigenvalue weighted by Crippen LogP contribution is -2.17. The molecule has 5 aromatic rings. The standard InChI is InChI=1S/C24H16N6O/c25-23(31)17-8-11-27-30-22(17)21-14-5-2-1-4-13(14)20-15(21)6-3-7-16(20)24-28-18-9-10-26-12-19(18)29-24/h1-12,21H,(H2,25,31)(H,28,29). The summed E-state index contributed by atoms with van der Waals surface area (Å²) in [5, 5.41) is 8.38. The lowest BCUT2D eigenvalue weighted by Gasteiger charge is -2.15. The number of amides is 1. The van der Waals surface area contributed by atoms with Crippen LogP contribution in [0.1, 0.15) is 33.1 Å². The fourth-order valence-electron chi connectivity index (χ4n) is 4.50. The van der Waals surface area contributed by atoms with Gasteiger partial charge in [-0.1, -0.05) is 42.5 Å². The Kier molecular flexibility index (Phi) is 3.70. The Morgan fingerprint density at radius 3 is 2.65 bits per heavy atom. The van der Waals surface area contributed by atoms with Crippen molar-refractivity contribution in [3.63, 3.8) is 0 Å². The number of aromatic amines is 1. The van der Waals surface area contributed by atoms with E-state index in [1.54, 1.807) is 18.5 Å². The van der Waals surface area contributed by atoms with Crippen molar-refractivity contribution in [1.82, 2.24) is 25.1 Å². The molecule has 0 bridgehead atoms. The minimum atomic E-state index is -0.517. The summed E-state index contributed by atoms with van der Waals surface area (Å²) in [6, 6.07) is 17.8. The summed E-state index contributed by atoms with van der Waals surface area (Å²) in [5.74, 6) is 0.00902. The van der Waals surface area contributed by atoms with Crippen LogP contribution in [-0.2, 0) is 0 Å². The van der Waals surface area contributed by atoms with Crippen molar-refractivity contribution in [1.29, 1.82) is 0 Å². The third-order valence-corrected chi connectivity index (χ3v) is 5.78. The maximum atomic E-state index is 12.1. The highest BCUT2D eigenvalue weighted by molar-refractivity contribution is 5.96. The van der Waals surface area contributed by atoms with Crippen LogP contribution in [0.4, 0.5) is 0 Å².